The molecular formula is C12H13N3O3S. The van der Waals surface area contributed by atoms with Gasteiger partial charge >= 0.3 is 0 Å². The Labute approximate surface area is 111 Å². The predicted octanol–water partition coefficient (Wildman–Crippen LogP) is 1.19. The summed E-state index contributed by atoms with van der Waals surface area (Å²) in [5.41, 5.74) is 5.52. The summed E-state index contributed by atoms with van der Waals surface area (Å²) in [5.74, 6) is 0.147. The van der Waals surface area contributed by atoms with Crippen LogP contribution in [0.2, 0.25) is 0 Å². The van der Waals surface area contributed by atoms with Crippen molar-refractivity contribution >= 4 is 21.5 Å². The van der Waals surface area contributed by atoms with Gasteiger partial charge in [0.05, 0.1) is 10.6 Å². The van der Waals surface area contributed by atoms with Gasteiger partial charge in [0.2, 0.25) is 0 Å². The average molecular weight is 279 g/mol. The minimum Gasteiger partial charge on any atom is -0.506 e. The Bertz CT molecular complexity index is 687. The molecular weight excluding hydrogens is 266 g/mol. The van der Waals surface area contributed by atoms with Crippen LogP contribution in [0.5, 0.6) is 5.75 Å². The molecule has 2 rings (SSSR count). The van der Waals surface area contributed by atoms with E-state index >= 15 is 0 Å². The third kappa shape index (κ3) is 2.45. The zero-order valence-corrected chi connectivity index (χ0v) is 11.0. The van der Waals surface area contributed by atoms with Gasteiger partial charge in [-0.3, -0.25) is 4.31 Å². The van der Waals surface area contributed by atoms with Crippen LogP contribution in [0.1, 0.15) is 0 Å². The first-order valence-electron chi connectivity index (χ1n) is 5.41. The molecule has 100 valence electrons. The monoisotopic (exact) mass is 279 g/mol. The predicted molar refractivity (Wildman–Crippen MR) is 72.3 cm³/mol. The van der Waals surface area contributed by atoms with Crippen molar-refractivity contribution in [1.29, 1.82) is 0 Å². The average Bonchev–Trinajstić information content (AvgIpc) is 2.41. The van der Waals surface area contributed by atoms with Crippen LogP contribution < -0.4 is 10.0 Å². The van der Waals surface area contributed by atoms with Crippen LogP contribution in [-0.2, 0) is 10.0 Å². The minimum atomic E-state index is -3.75. The number of nitrogen functional groups attached to an aromatic ring is 1. The van der Waals surface area contributed by atoms with Crippen LogP contribution in [0.15, 0.2) is 47.5 Å². The van der Waals surface area contributed by atoms with Crippen molar-refractivity contribution in [3.05, 3.63) is 42.6 Å². The largest absolute Gasteiger partial charge is 0.506 e. The van der Waals surface area contributed by atoms with Gasteiger partial charge in [0, 0.05) is 13.2 Å². The number of aromatic nitrogens is 1. The second kappa shape index (κ2) is 4.77. The molecule has 2 aromatic rings. The van der Waals surface area contributed by atoms with Gasteiger partial charge in [0.15, 0.2) is 0 Å². The topological polar surface area (TPSA) is 96.5 Å². The molecule has 0 atom stereocenters. The third-order valence-electron chi connectivity index (χ3n) is 2.63. The van der Waals surface area contributed by atoms with E-state index in [1.165, 1.54) is 31.4 Å². The molecule has 0 fully saturated rings. The third-order valence-corrected chi connectivity index (χ3v) is 4.39. The van der Waals surface area contributed by atoms with E-state index in [4.69, 9.17) is 5.73 Å². The van der Waals surface area contributed by atoms with Crippen molar-refractivity contribution in [2.75, 3.05) is 17.1 Å². The standard InChI is InChI=1S/C12H13N3O3S/c1-15(12-4-2-3-7-14-12)19(17,18)9-5-6-11(16)10(13)8-9/h2-8,16H,13H2,1H3. The van der Waals surface area contributed by atoms with Crippen LogP contribution >= 0.6 is 0 Å². The van der Waals surface area contributed by atoms with Crippen molar-refractivity contribution in [1.82, 2.24) is 4.98 Å². The van der Waals surface area contributed by atoms with Gasteiger partial charge in [-0.05, 0) is 30.3 Å². The van der Waals surface area contributed by atoms with E-state index < -0.39 is 10.0 Å². The first-order valence-corrected chi connectivity index (χ1v) is 6.85. The van der Waals surface area contributed by atoms with Crippen molar-refractivity contribution < 1.29 is 13.5 Å². The van der Waals surface area contributed by atoms with Crippen molar-refractivity contribution in [2.45, 2.75) is 4.90 Å². The highest BCUT2D eigenvalue weighted by molar-refractivity contribution is 7.92. The lowest BCUT2D eigenvalue weighted by Gasteiger charge is -2.18. The maximum atomic E-state index is 12.3. The molecule has 19 heavy (non-hydrogen) atoms. The lowest BCUT2D eigenvalue weighted by molar-refractivity contribution is 0.477. The summed E-state index contributed by atoms with van der Waals surface area (Å²) < 4.78 is 25.7. The maximum absolute atomic E-state index is 12.3. The highest BCUT2D eigenvalue weighted by atomic mass is 32.2. The number of phenolic OH excluding ortho intramolecular Hbond substituents is 1. The molecule has 3 N–H and O–H groups in total. The fraction of sp³-hybridized carbons (Fsp3) is 0.0833. The van der Waals surface area contributed by atoms with E-state index in [-0.39, 0.29) is 16.3 Å². The van der Waals surface area contributed by atoms with E-state index in [2.05, 4.69) is 4.98 Å². The fourth-order valence-electron chi connectivity index (χ4n) is 1.51. The van der Waals surface area contributed by atoms with Crippen LogP contribution in [0.3, 0.4) is 0 Å². The molecule has 1 aromatic carbocycles. The Morgan fingerprint density at radius 2 is 2.00 bits per heavy atom. The zero-order chi connectivity index (χ0) is 14.0. The smallest absolute Gasteiger partial charge is 0.265 e. The Hall–Kier alpha value is -2.28. The van der Waals surface area contributed by atoms with E-state index in [1.807, 2.05) is 0 Å². The molecule has 0 radical (unpaired) electrons. The van der Waals surface area contributed by atoms with E-state index in [0.717, 1.165) is 4.31 Å². The lowest BCUT2D eigenvalue weighted by atomic mass is 10.3. The number of anilines is 2. The van der Waals surface area contributed by atoms with Gasteiger partial charge in [-0.2, -0.15) is 0 Å². The summed E-state index contributed by atoms with van der Waals surface area (Å²) >= 11 is 0. The second-order valence-corrected chi connectivity index (χ2v) is 5.85. The molecule has 0 saturated heterocycles. The molecule has 0 bridgehead atoms. The van der Waals surface area contributed by atoms with Gasteiger partial charge < -0.3 is 10.8 Å². The Morgan fingerprint density at radius 1 is 1.26 bits per heavy atom. The van der Waals surface area contributed by atoms with E-state index in [9.17, 15) is 13.5 Å². The number of phenols is 1. The summed E-state index contributed by atoms with van der Waals surface area (Å²) in [5, 5.41) is 9.32. The van der Waals surface area contributed by atoms with E-state index in [1.54, 1.807) is 18.2 Å². The molecule has 0 aliphatic carbocycles. The summed E-state index contributed by atoms with van der Waals surface area (Å²) in [4.78, 5) is 3.97. The number of hydrogen-bond acceptors (Lipinski definition) is 5. The molecule has 6 nitrogen and oxygen atoms in total. The Balaban J connectivity index is 2.45. The van der Waals surface area contributed by atoms with Crippen molar-refractivity contribution in [3.63, 3.8) is 0 Å². The first-order chi connectivity index (χ1) is 8.93. The number of aromatic hydroxyl groups is 1. The molecule has 0 saturated carbocycles. The maximum Gasteiger partial charge on any atom is 0.265 e. The number of sulfonamides is 1. The lowest BCUT2D eigenvalue weighted by Crippen LogP contribution is -2.27. The number of hydrogen-bond donors (Lipinski definition) is 2. The number of pyridine rings is 1. The molecule has 0 aliphatic rings. The van der Waals surface area contributed by atoms with Gasteiger partial charge in [-0.15, -0.1) is 0 Å². The molecule has 1 aromatic heterocycles. The number of nitrogens with two attached hydrogens (primary N) is 1. The SMILES string of the molecule is CN(c1ccccn1)S(=O)(=O)c1ccc(O)c(N)c1. The van der Waals surface area contributed by atoms with Gasteiger partial charge in [0.25, 0.3) is 10.0 Å². The van der Waals surface area contributed by atoms with E-state index in [0.29, 0.717) is 5.82 Å². The number of benzene rings is 1. The Kier molecular flexibility index (Phi) is 3.30. The molecule has 1 heterocycles. The van der Waals surface area contributed by atoms with Crippen LogP contribution in [-0.4, -0.2) is 25.6 Å². The molecule has 7 heteroatoms. The molecule has 0 amide bonds. The summed E-state index contributed by atoms with van der Waals surface area (Å²) in [7, 11) is -2.35. The summed E-state index contributed by atoms with van der Waals surface area (Å²) in [6.07, 6.45) is 1.51. The quantitative estimate of drug-likeness (QED) is 0.650. The normalized spacial score (nSPS) is 11.2. The van der Waals surface area contributed by atoms with Crippen molar-refractivity contribution in [3.8, 4) is 5.75 Å². The zero-order valence-electron chi connectivity index (χ0n) is 10.2. The number of nitrogens with zero attached hydrogens (tertiary/aromatic N) is 2. The summed E-state index contributed by atoms with van der Waals surface area (Å²) in [6, 6.07) is 8.72. The van der Waals surface area contributed by atoms with Gasteiger partial charge in [-0.1, -0.05) is 6.07 Å². The van der Waals surface area contributed by atoms with Gasteiger partial charge in [0.1, 0.15) is 11.6 Å². The van der Waals surface area contributed by atoms with Crippen LogP contribution in [0, 0.1) is 0 Å². The van der Waals surface area contributed by atoms with Gasteiger partial charge in [-0.25, -0.2) is 13.4 Å². The van der Waals surface area contributed by atoms with Crippen molar-refractivity contribution in [2.24, 2.45) is 0 Å². The highest BCUT2D eigenvalue weighted by Gasteiger charge is 2.22. The number of rotatable bonds is 3. The molecule has 0 unspecified atom stereocenters. The van der Waals surface area contributed by atoms with Crippen LogP contribution in [0.4, 0.5) is 11.5 Å². The van der Waals surface area contributed by atoms with Crippen LogP contribution in [0.25, 0.3) is 0 Å². The fourth-order valence-corrected chi connectivity index (χ4v) is 2.70. The Morgan fingerprint density at radius 3 is 2.58 bits per heavy atom. The molecule has 0 aliphatic heterocycles. The first kappa shape index (κ1) is 13.2. The minimum absolute atomic E-state index is 0.00375. The second-order valence-electron chi connectivity index (χ2n) is 3.88. The summed E-state index contributed by atoms with van der Waals surface area (Å²) in [6.45, 7) is 0. The molecule has 0 spiro atoms. The highest BCUT2D eigenvalue weighted by Crippen LogP contribution is 2.26.